The van der Waals surface area contributed by atoms with Crippen molar-refractivity contribution in [1.29, 1.82) is 0 Å². The first kappa shape index (κ1) is 20.0. The minimum Gasteiger partial charge on any atom is -0.341 e. The van der Waals surface area contributed by atoms with Gasteiger partial charge in [-0.3, -0.25) is 4.79 Å². The van der Waals surface area contributed by atoms with Crippen molar-refractivity contribution in [3.8, 4) is 0 Å². The van der Waals surface area contributed by atoms with Crippen molar-refractivity contribution in [2.24, 2.45) is 5.73 Å². The van der Waals surface area contributed by atoms with Gasteiger partial charge in [-0.05, 0) is 67.6 Å². The highest BCUT2D eigenvalue weighted by atomic mass is 35.5. The molecule has 0 spiro atoms. The van der Waals surface area contributed by atoms with E-state index in [-0.39, 0.29) is 5.78 Å². The molecular weight excluding hydrogens is 400 g/mol. The van der Waals surface area contributed by atoms with Crippen LogP contribution in [0.2, 0.25) is 5.02 Å². The fraction of sp³-hybridized carbons (Fsp3) is 0.208. The molecule has 0 aliphatic heterocycles. The van der Waals surface area contributed by atoms with E-state index in [0.29, 0.717) is 12.0 Å². The van der Waals surface area contributed by atoms with Crippen LogP contribution in [0.15, 0.2) is 71.6 Å². The van der Waals surface area contributed by atoms with Crippen molar-refractivity contribution in [3.05, 3.63) is 77.3 Å². The summed E-state index contributed by atoms with van der Waals surface area (Å²) in [5.74, 6) is 0.781. The Hall–Kier alpha value is -2.27. The summed E-state index contributed by atoms with van der Waals surface area (Å²) in [6.45, 7) is 3.03. The number of Topliss-reactive ketones (excluding diaryl/α,β-unsaturated/α-hetero) is 1. The molecule has 0 fully saturated rings. The maximum Gasteiger partial charge on any atom is 0.179 e. The molecule has 29 heavy (non-hydrogen) atoms. The molecule has 1 aromatic heterocycles. The Balaban J connectivity index is 1.52. The van der Waals surface area contributed by atoms with Gasteiger partial charge in [-0.2, -0.15) is 0 Å². The highest BCUT2D eigenvalue weighted by Crippen LogP contribution is 2.30. The number of nitrogens with two attached hydrogens (primary N) is 1. The number of benzene rings is 3. The number of para-hydroxylation sites is 1. The molecule has 0 saturated heterocycles. The third kappa shape index (κ3) is 4.06. The number of hydrogen-bond acceptors (Lipinski definition) is 3. The van der Waals surface area contributed by atoms with E-state index in [1.165, 1.54) is 10.9 Å². The van der Waals surface area contributed by atoms with Gasteiger partial charge in [-0.15, -0.1) is 11.8 Å². The minimum absolute atomic E-state index is 0.00284. The molecule has 0 bridgehead atoms. The second-order valence-electron chi connectivity index (χ2n) is 7.06. The smallest absolute Gasteiger partial charge is 0.179 e. The third-order valence-corrected chi connectivity index (χ3v) is 6.52. The van der Waals surface area contributed by atoms with E-state index in [2.05, 4.69) is 23.6 Å². The maximum absolute atomic E-state index is 12.9. The van der Waals surface area contributed by atoms with Gasteiger partial charge in [0.2, 0.25) is 0 Å². The van der Waals surface area contributed by atoms with E-state index >= 15 is 0 Å². The van der Waals surface area contributed by atoms with Crippen LogP contribution in [0.1, 0.15) is 23.7 Å². The minimum atomic E-state index is -0.508. The maximum atomic E-state index is 12.9. The van der Waals surface area contributed by atoms with E-state index in [1.807, 2.05) is 54.6 Å². The van der Waals surface area contributed by atoms with Gasteiger partial charge in [-0.25, -0.2) is 0 Å². The SMILES string of the molecule is CCn1c2ccccc2c2cc(C(=O)C(N)CCSc3ccc(Cl)cc3)ccc21. The van der Waals surface area contributed by atoms with Crippen LogP contribution in [0.4, 0.5) is 0 Å². The van der Waals surface area contributed by atoms with Crippen LogP contribution >= 0.6 is 23.4 Å². The second kappa shape index (κ2) is 8.62. The van der Waals surface area contributed by atoms with Crippen LogP contribution in [-0.4, -0.2) is 22.1 Å². The lowest BCUT2D eigenvalue weighted by Crippen LogP contribution is -2.31. The lowest BCUT2D eigenvalue weighted by atomic mass is 10.0. The number of carbonyl (C=O) groups is 1. The molecule has 1 atom stereocenters. The highest BCUT2D eigenvalue weighted by molar-refractivity contribution is 7.99. The molecule has 3 nitrogen and oxygen atoms in total. The summed E-state index contributed by atoms with van der Waals surface area (Å²) in [5, 5.41) is 3.00. The molecule has 3 aromatic carbocycles. The van der Waals surface area contributed by atoms with Crippen molar-refractivity contribution in [2.45, 2.75) is 30.8 Å². The Morgan fingerprint density at radius 2 is 1.76 bits per heavy atom. The number of ketones is 1. The Kier molecular flexibility index (Phi) is 5.95. The second-order valence-corrected chi connectivity index (χ2v) is 8.66. The van der Waals surface area contributed by atoms with Crippen LogP contribution < -0.4 is 5.73 Å². The Labute approximate surface area is 179 Å². The number of aromatic nitrogens is 1. The average Bonchev–Trinajstić information content (AvgIpc) is 3.07. The van der Waals surface area contributed by atoms with Gasteiger partial charge in [0, 0.05) is 43.8 Å². The van der Waals surface area contributed by atoms with Crippen LogP contribution in [0.5, 0.6) is 0 Å². The Morgan fingerprint density at radius 1 is 1.03 bits per heavy atom. The largest absolute Gasteiger partial charge is 0.341 e. The molecule has 1 heterocycles. The van der Waals surface area contributed by atoms with Crippen LogP contribution in [0.3, 0.4) is 0 Å². The molecule has 0 aliphatic carbocycles. The lowest BCUT2D eigenvalue weighted by Gasteiger charge is -2.11. The summed E-state index contributed by atoms with van der Waals surface area (Å²) in [6, 6.07) is 21.5. The average molecular weight is 423 g/mol. The highest BCUT2D eigenvalue weighted by Gasteiger charge is 2.18. The normalized spacial score (nSPS) is 12.5. The molecule has 148 valence electrons. The van der Waals surface area contributed by atoms with Crippen LogP contribution in [0.25, 0.3) is 21.8 Å². The molecular formula is C24H23ClN2OS. The third-order valence-electron chi connectivity index (χ3n) is 5.22. The van der Waals surface area contributed by atoms with Crippen molar-refractivity contribution >= 4 is 51.0 Å². The van der Waals surface area contributed by atoms with Gasteiger partial charge in [0.15, 0.2) is 5.78 Å². The lowest BCUT2D eigenvalue weighted by molar-refractivity contribution is 0.0960. The standard InChI is InChI=1S/C24H23ClN2OS/c1-2-27-22-6-4-3-5-19(22)20-15-16(7-12-23(20)27)24(28)21(26)13-14-29-18-10-8-17(25)9-11-18/h3-12,15,21H,2,13-14,26H2,1H3. The van der Waals surface area contributed by atoms with Crippen LogP contribution in [0, 0.1) is 0 Å². The zero-order chi connectivity index (χ0) is 20.4. The number of rotatable bonds is 7. The molecule has 4 aromatic rings. The van der Waals surface area contributed by atoms with E-state index in [9.17, 15) is 4.79 Å². The summed E-state index contributed by atoms with van der Waals surface area (Å²) in [5.41, 5.74) is 9.26. The van der Waals surface area contributed by atoms with Crippen molar-refractivity contribution in [3.63, 3.8) is 0 Å². The monoisotopic (exact) mass is 422 g/mol. The first-order valence-corrected chi connectivity index (χ1v) is 11.1. The fourth-order valence-corrected chi connectivity index (χ4v) is 4.79. The summed E-state index contributed by atoms with van der Waals surface area (Å²) in [7, 11) is 0. The van der Waals surface area contributed by atoms with Gasteiger partial charge >= 0.3 is 0 Å². The molecule has 0 radical (unpaired) electrons. The number of fused-ring (bicyclic) bond motifs is 3. The quantitative estimate of drug-likeness (QED) is 0.286. The molecule has 4 rings (SSSR count). The number of nitrogens with zero attached hydrogens (tertiary/aromatic N) is 1. The first-order chi connectivity index (χ1) is 14.1. The molecule has 5 heteroatoms. The first-order valence-electron chi connectivity index (χ1n) is 9.77. The summed E-state index contributed by atoms with van der Waals surface area (Å²) in [4.78, 5) is 14.1. The molecule has 2 N–H and O–H groups in total. The predicted molar refractivity (Wildman–Crippen MR) is 124 cm³/mol. The summed E-state index contributed by atoms with van der Waals surface area (Å²) < 4.78 is 2.28. The van der Waals surface area contributed by atoms with E-state index < -0.39 is 6.04 Å². The van der Waals surface area contributed by atoms with Gasteiger partial charge in [0.25, 0.3) is 0 Å². The van der Waals surface area contributed by atoms with Gasteiger partial charge in [0.05, 0.1) is 6.04 Å². The van der Waals surface area contributed by atoms with Crippen molar-refractivity contribution in [1.82, 2.24) is 4.57 Å². The number of carbonyl (C=O) groups excluding carboxylic acids is 1. The molecule has 0 aliphatic rings. The molecule has 0 saturated carbocycles. The van der Waals surface area contributed by atoms with E-state index in [0.717, 1.165) is 33.1 Å². The zero-order valence-corrected chi connectivity index (χ0v) is 17.8. The number of hydrogen-bond donors (Lipinski definition) is 1. The van der Waals surface area contributed by atoms with Gasteiger partial charge in [-0.1, -0.05) is 29.8 Å². The van der Waals surface area contributed by atoms with Gasteiger partial charge in [0.1, 0.15) is 0 Å². The van der Waals surface area contributed by atoms with E-state index in [1.54, 1.807) is 11.8 Å². The summed E-state index contributed by atoms with van der Waals surface area (Å²) >= 11 is 7.61. The Morgan fingerprint density at radius 3 is 2.52 bits per heavy atom. The van der Waals surface area contributed by atoms with Gasteiger partial charge < -0.3 is 10.3 Å². The number of thioether (sulfide) groups is 1. The number of aryl methyl sites for hydroxylation is 1. The zero-order valence-electron chi connectivity index (χ0n) is 16.3. The van der Waals surface area contributed by atoms with E-state index in [4.69, 9.17) is 17.3 Å². The topological polar surface area (TPSA) is 48.0 Å². The number of halogens is 1. The molecule has 0 amide bonds. The van der Waals surface area contributed by atoms with Crippen molar-refractivity contribution in [2.75, 3.05) is 5.75 Å². The predicted octanol–water partition coefficient (Wildman–Crippen LogP) is 6.16. The summed E-state index contributed by atoms with van der Waals surface area (Å²) in [6.07, 6.45) is 0.626. The van der Waals surface area contributed by atoms with Crippen molar-refractivity contribution < 1.29 is 4.79 Å². The Bertz CT molecular complexity index is 1170. The fourth-order valence-electron chi connectivity index (χ4n) is 3.73. The van der Waals surface area contributed by atoms with Crippen LogP contribution in [-0.2, 0) is 6.54 Å². The molecule has 1 unspecified atom stereocenters.